The minimum atomic E-state index is 0.694. The number of rotatable bonds is 7. The molecule has 10 aromatic carbocycles. The van der Waals surface area contributed by atoms with Gasteiger partial charge in [-0.15, -0.1) is 0 Å². The molecular weight excluding hydrogens is 775 g/mol. The second-order valence-electron chi connectivity index (χ2n) is 16.4. The standard InChI is InChI=1S/C61H39N3/c1-3-16-40(17-4-1)44-22-14-26-48(35-44)57-39-58(64-61(63-57)42-19-5-2-6-20-42)49-27-15-24-46(36-49)45-23-13-25-47(34-45)54-38-55-59(52-29-10-9-28-51(52)54)53-30-11-12-31-56(53)62-60(55)50-33-32-41-18-7-8-21-43(41)37-50/h1-39H. The second-order valence-corrected chi connectivity index (χ2v) is 16.4. The van der Waals surface area contributed by atoms with E-state index in [4.69, 9.17) is 15.0 Å². The Morgan fingerprint density at radius 3 is 1.47 bits per heavy atom. The summed E-state index contributed by atoms with van der Waals surface area (Å²) < 4.78 is 0. The number of benzene rings is 10. The van der Waals surface area contributed by atoms with Gasteiger partial charge in [0.1, 0.15) is 0 Å². The molecule has 3 heteroatoms. The molecule has 0 N–H and O–H groups in total. The van der Waals surface area contributed by atoms with E-state index in [2.05, 4.69) is 212 Å². The number of fused-ring (bicyclic) bond motifs is 6. The van der Waals surface area contributed by atoms with E-state index < -0.39 is 0 Å². The monoisotopic (exact) mass is 813 g/mol. The van der Waals surface area contributed by atoms with Crippen molar-refractivity contribution in [2.24, 2.45) is 0 Å². The first kappa shape index (κ1) is 37.2. The number of para-hydroxylation sites is 1. The van der Waals surface area contributed by atoms with Gasteiger partial charge >= 0.3 is 0 Å². The third-order valence-electron chi connectivity index (χ3n) is 12.4. The van der Waals surface area contributed by atoms with E-state index in [-0.39, 0.29) is 0 Å². The fourth-order valence-corrected chi connectivity index (χ4v) is 9.28. The first-order valence-corrected chi connectivity index (χ1v) is 21.8. The summed E-state index contributed by atoms with van der Waals surface area (Å²) in [6, 6.07) is 84.1. The Bertz CT molecular complexity index is 3730. The van der Waals surface area contributed by atoms with Crippen LogP contribution in [-0.2, 0) is 0 Å². The van der Waals surface area contributed by atoms with Crippen molar-refractivity contribution in [3.05, 3.63) is 237 Å². The third kappa shape index (κ3) is 6.77. The molecule has 0 aliphatic heterocycles. The van der Waals surface area contributed by atoms with Gasteiger partial charge in [-0.05, 0) is 97.4 Å². The predicted octanol–water partition coefficient (Wildman–Crippen LogP) is 16.2. The van der Waals surface area contributed by atoms with Gasteiger partial charge in [0.25, 0.3) is 0 Å². The van der Waals surface area contributed by atoms with E-state index in [9.17, 15) is 0 Å². The summed E-state index contributed by atoms with van der Waals surface area (Å²) in [7, 11) is 0. The minimum absolute atomic E-state index is 0.694. The summed E-state index contributed by atoms with van der Waals surface area (Å²) in [6.07, 6.45) is 0. The van der Waals surface area contributed by atoms with Gasteiger partial charge in [-0.1, -0.05) is 194 Å². The number of hydrogen-bond acceptors (Lipinski definition) is 3. The fourth-order valence-electron chi connectivity index (χ4n) is 9.28. The lowest BCUT2D eigenvalue weighted by Gasteiger charge is -2.17. The Hall–Kier alpha value is -8.53. The molecule has 0 radical (unpaired) electrons. The second kappa shape index (κ2) is 15.7. The van der Waals surface area contributed by atoms with Crippen molar-refractivity contribution in [1.82, 2.24) is 15.0 Å². The van der Waals surface area contributed by atoms with Gasteiger partial charge in [0.15, 0.2) is 5.82 Å². The van der Waals surface area contributed by atoms with Gasteiger partial charge in [-0.25, -0.2) is 15.0 Å². The maximum absolute atomic E-state index is 5.38. The zero-order chi connectivity index (χ0) is 42.4. The summed E-state index contributed by atoms with van der Waals surface area (Å²) in [6.45, 7) is 0. The van der Waals surface area contributed by atoms with Crippen molar-refractivity contribution in [2.75, 3.05) is 0 Å². The molecule has 12 rings (SSSR count). The lowest BCUT2D eigenvalue weighted by atomic mass is 9.89. The summed E-state index contributed by atoms with van der Waals surface area (Å²) >= 11 is 0. The lowest BCUT2D eigenvalue weighted by molar-refractivity contribution is 1.18. The van der Waals surface area contributed by atoms with Gasteiger partial charge in [-0.2, -0.15) is 0 Å². The van der Waals surface area contributed by atoms with Crippen LogP contribution in [0.4, 0.5) is 0 Å². The van der Waals surface area contributed by atoms with Crippen LogP contribution >= 0.6 is 0 Å². The SMILES string of the molecule is c1ccc(-c2cccc(-c3cc(-c4cccc(-c5cccc(-c6cc7c(-c8ccc9ccccc9c8)nc8ccccc8c7c7ccccc67)c5)c4)nc(-c4ccccc4)n3)c2)cc1. The largest absolute Gasteiger partial charge is 0.247 e. The quantitative estimate of drug-likeness (QED) is 0.150. The van der Waals surface area contributed by atoms with Crippen LogP contribution in [0.25, 0.3) is 122 Å². The van der Waals surface area contributed by atoms with Crippen LogP contribution in [0.15, 0.2) is 237 Å². The molecule has 2 heterocycles. The van der Waals surface area contributed by atoms with Gasteiger partial charge < -0.3 is 0 Å². The summed E-state index contributed by atoms with van der Waals surface area (Å²) in [5, 5.41) is 8.36. The zero-order valence-electron chi connectivity index (χ0n) is 34.9. The van der Waals surface area contributed by atoms with Crippen molar-refractivity contribution >= 4 is 43.2 Å². The Balaban J connectivity index is 0.995. The van der Waals surface area contributed by atoms with E-state index in [1.54, 1.807) is 0 Å². The highest BCUT2D eigenvalue weighted by molar-refractivity contribution is 6.25. The average Bonchev–Trinajstić information content (AvgIpc) is 3.38. The molecule has 0 amide bonds. The van der Waals surface area contributed by atoms with E-state index in [1.165, 1.54) is 38.1 Å². The van der Waals surface area contributed by atoms with Gasteiger partial charge in [-0.3, -0.25) is 0 Å². The van der Waals surface area contributed by atoms with Gasteiger partial charge in [0.2, 0.25) is 0 Å². The first-order chi connectivity index (χ1) is 31.7. The Morgan fingerprint density at radius 1 is 0.250 bits per heavy atom. The number of aromatic nitrogens is 3. The maximum Gasteiger partial charge on any atom is 0.160 e. The van der Waals surface area contributed by atoms with Crippen molar-refractivity contribution in [2.45, 2.75) is 0 Å². The van der Waals surface area contributed by atoms with Crippen molar-refractivity contribution in [3.63, 3.8) is 0 Å². The number of hydrogen-bond donors (Lipinski definition) is 0. The van der Waals surface area contributed by atoms with E-state index in [0.717, 1.165) is 77.9 Å². The van der Waals surface area contributed by atoms with Crippen LogP contribution < -0.4 is 0 Å². The molecular formula is C61H39N3. The lowest BCUT2D eigenvalue weighted by Crippen LogP contribution is -1.96. The molecule has 0 unspecified atom stereocenters. The van der Waals surface area contributed by atoms with Crippen LogP contribution in [0.2, 0.25) is 0 Å². The Labute approximate surface area is 371 Å². The smallest absolute Gasteiger partial charge is 0.160 e. The van der Waals surface area contributed by atoms with Crippen LogP contribution in [-0.4, -0.2) is 15.0 Å². The molecule has 12 aromatic rings. The topological polar surface area (TPSA) is 38.7 Å². The van der Waals surface area contributed by atoms with Crippen LogP contribution in [0, 0.1) is 0 Å². The van der Waals surface area contributed by atoms with Crippen LogP contribution in [0.3, 0.4) is 0 Å². The first-order valence-electron chi connectivity index (χ1n) is 21.8. The van der Waals surface area contributed by atoms with Crippen molar-refractivity contribution < 1.29 is 0 Å². The minimum Gasteiger partial charge on any atom is -0.247 e. The highest BCUT2D eigenvalue weighted by Crippen LogP contribution is 2.43. The summed E-state index contributed by atoms with van der Waals surface area (Å²) in [4.78, 5) is 15.7. The maximum atomic E-state index is 5.38. The molecule has 0 saturated carbocycles. The number of nitrogens with zero attached hydrogens (tertiary/aromatic N) is 3. The van der Waals surface area contributed by atoms with E-state index >= 15 is 0 Å². The van der Waals surface area contributed by atoms with Crippen molar-refractivity contribution in [3.8, 4) is 78.5 Å². The zero-order valence-corrected chi connectivity index (χ0v) is 34.9. The summed E-state index contributed by atoms with van der Waals surface area (Å²) in [5.41, 5.74) is 14.7. The third-order valence-corrected chi connectivity index (χ3v) is 12.4. The van der Waals surface area contributed by atoms with Gasteiger partial charge in [0, 0.05) is 38.4 Å². The van der Waals surface area contributed by atoms with Crippen LogP contribution in [0.5, 0.6) is 0 Å². The molecule has 64 heavy (non-hydrogen) atoms. The molecule has 0 saturated heterocycles. The van der Waals surface area contributed by atoms with E-state index in [0.29, 0.717) is 5.82 Å². The molecule has 0 aliphatic rings. The highest BCUT2D eigenvalue weighted by atomic mass is 14.9. The molecule has 0 atom stereocenters. The Kier molecular flexibility index (Phi) is 9.16. The van der Waals surface area contributed by atoms with Gasteiger partial charge in [0.05, 0.1) is 22.6 Å². The number of pyridine rings is 1. The molecule has 0 bridgehead atoms. The average molecular weight is 814 g/mol. The highest BCUT2D eigenvalue weighted by Gasteiger charge is 2.18. The molecule has 3 nitrogen and oxygen atoms in total. The van der Waals surface area contributed by atoms with Crippen LogP contribution in [0.1, 0.15) is 0 Å². The normalized spacial score (nSPS) is 11.4. The molecule has 0 aliphatic carbocycles. The Morgan fingerprint density at radius 2 is 0.766 bits per heavy atom. The molecule has 2 aromatic heterocycles. The summed E-state index contributed by atoms with van der Waals surface area (Å²) in [5.74, 6) is 0.694. The molecule has 0 fully saturated rings. The molecule has 298 valence electrons. The van der Waals surface area contributed by atoms with E-state index in [1.807, 2.05) is 24.3 Å². The fraction of sp³-hybridized carbons (Fsp3) is 0. The molecule has 0 spiro atoms. The predicted molar refractivity (Wildman–Crippen MR) is 268 cm³/mol. The van der Waals surface area contributed by atoms with Crippen molar-refractivity contribution in [1.29, 1.82) is 0 Å².